The predicted octanol–water partition coefficient (Wildman–Crippen LogP) is 1.04. The number of sulfonamides is 1. The van der Waals surface area contributed by atoms with Gasteiger partial charge >= 0.3 is 5.97 Å². The minimum Gasteiger partial charge on any atom is -0.459 e. The molecule has 8 heteroatoms. The highest BCUT2D eigenvalue weighted by Gasteiger charge is 2.29. The smallest absolute Gasteiger partial charge is 0.324 e. The van der Waals surface area contributed by atoms with E-state index < -0.39 is 27.6 Å². The topological polar surface area (TPSA) is 101 Å². The Morgan fingerprint density at radius 2 is 1.90 bits per heavy atom. The zero-order valence-corrected chi connectivity index (χ0v) is 13.4. The zero-order chi connectivity index (χ0) is 15.7. The first-order valence-corrected chi connectivity index (χ1v) is 7.69. The first kappa shape index (κ1) is 16.6. The van der Waals surface area contributed by atoms with Crippen molar-refractivity contribution in [2.24, 2.45) is 0 Å². The van der Waals surface area contributed by atoms with Gasteiger partial charge in [0.1, 0.15) is 16.5 Å². The molecule has 2 N–H and O–H groups in total. The summed E-state index contributed by atoms with van der Waals surface area (Å²) in [5, 5.41) is 6.43. The van der Waals surface area contributed by atoms with Crippen molar-refractivity contribution in [3.63, 3.8) is 0 Å². The summed E-state index contributed by atoms with van der Waals surface area (Å²) in [5.41, 5.74) is 0.107. The van der Waals surface area contributed by atoms with Gasteiger partial charge in [0.25, 0.3) is 0 Å². The second-order valence-corrected chi connectivity index (χ2v) is 7.29. The lowest BCUT2D eigenvalue weighted by molar-refractivity contribution is -0.156. The van der Waals surface area contributed by atoms with Crippen LogP contribution in [0.4, 0.5) is 0 Å². The third-order valence-electron chi connectivity index (χ3n) is 2.42. The molecular formula is C12H21N3O4S. The third kappa shape index (κ3) is 4.04. The number of carbonyl (C=O) groups is 1. The molecular weight excluding hydrogens is 282 g/mol. The van der Waals surface area contributed by atoms with Gasteiger partial charge in [0, 0.05) is 0 Å². The van der Waals surface area contributed by atoms with E-state index in [1.165, 1.54) is 6.92 Å². The van der Waals surface area contributed by atoms with Crippen LogP contribution >= 0.6 is 0 Å². The zero-order valence-electron chi connectivity index (χ0n) is 12.6. The van der Waals surface area contributed by atoms with E-state index in [1.807, 2.05) is 0 Å². The predicted molar refractivity (Wildman–Crippen MR) is 73.7 cm³/mol. The van der Waals surface area contributed by atoms with E-state index in [2.05, 4.69) is 14.9 Å². The van der Waals surface area contributed by atoms with Gasteiger partial charge in [-0.25, -0.2) is 8.42 Å². The van der Waals surface area contributed by atoms with Crippen molar-refractivity contribution in [2.75, 3.05) is 0 Å². The van der Waals surface area contributed by atoms with Gasteiger partial charge in [0.05, 0.1) is 11.4 Å². The Kier molecular flexibility index (Phi) is 4.60. The average Bonchev–Trinajstić information content (AvgIpc) is 2.55. The SMILES string of the molecule is Cc1n[nH]c(C)c1S(=O)(=O)N[C@H](C)C(=O)OC(C)(C)C. The molecule has 0 aliphatic rings. The third-order valence-corrected chi connectivity index (χ3v) is 4.22. The molecule has 0 aliphatic carbocycles. The molecule has 1 atom stereocenters. The van der Waals surface area contributed by atoms with Crippen LogP contribution in [0.25, 0.3) is 0 Å². The first-order valence-electron chi connectivity index (χ1n) is 6.21. The molecule has 0 bridgehead atoms. The van der Waals surface area contributed by atoms with Crippen LogP contribution in [-0.4, -0.2) is 36.2 Å². The fraction of sp³-hybridized carbons (Fsp3) is 0.667. The van der Waals surface area contributed by atoms with Crippen LogP contribution in [-0.2, 0) is 19.6 Å². The minimum atomic E-state index is -3.82. The molecule has 1 rings (SSSR count). The molecule has 1 aromatic heterocycles. The highest BCUT2D eigenvalue weighted by atomic mass is 32.2. The van der Waals surface area contributed by atoms with Gasteiger partial charge < -0.3 is 4.74 Å². The summed E-state index contributed by atoms with van der Waals surface area (Å²) in [6.45, 7) is 9.78. The van der Waals surface area contributed by atoms with Crippen LogP contribution in [0.1, 0.15) is 39.1 Å². The summed E-state index contributed by atoms with van der Waals surface area (Å²) in [6.07, 6.45) is 0. The van der Waals surface area contributed by atoms with Crippen LogP contribution in [0.15, 0.2) is 4.90 Å². The maximum atomic E-state index is 12.2. The Morgan fingerprint density at radius 1 is 1.35 bits per heavy atom. The molecule has 0 fully saturated rings. The fourth-order valence-electron chi connectivity index (χ4n) is 1.67. The summed E-state index contributed by atoms with van der Waals surface area (Å²) < 4.78 is 31.9. The number of H-pyrrole nitrogens is 1. The van der Waals surface area contributed by atoms with Crippen molar-refractivity contribution >= 4 is 16.0 Å². The van der Waals surface area contributed by atoms with Crippen molar-refractivity contribution in [3.8, 4) is 0 Å². The highest BCUT2D eigenvalue weighted by molar-refractivity contribution is 7.89. The number of ether oxygens (including phenoxy) is 1. The Balaban J connectivity index is 2.90. The second kappa shape index (κ2) is 5.53. The Morgan fingerprint density at radius 3 is 2.30 bits per heavy atom. The van der Waals surface area contributed by atoms with Gasteiger partial charge in [0.15, 0.2) is 0 Å². The largest absolute Gasteiger partial charge is 0.459 e. The van der Waals surface area contributed by atoms with Gasteiger partial charge in [-0.05, 0) is 41.5 Å². The van der Waals surface area contributed by atoms with E-state index in [0.29, 0.717) is 11.4 Å². The summed E-state index contributed by atoms with van der Waals surface area (Å²) in [6, 6.07) is -0.979. The van der Waals surface area contributed by atoms with Crippen LogP contribution in [0, 0.1) is 13.8 Å². The molecule has 114 valence electrons. The average molecular weight is 303 g/mol. The molecule has 1 aromatic rings. The van der Waals surface area contributed by atoms with Gasteiger partial charge in [0.2, 0.25) is 10.0 Å². The molecule has 0 saturated carbocycles. The number of rotatable bonds is 4. The fourth-order valence-corrected chi connectivity index (χ4v) is 3.23. The first-order chi connectivity index (χ1) is 8.94. The minimum absolute atomic E-state index is 0.0629. The van der Waals surface area contributed by atoms with Crippen molar-refractivity contribution in [1.29, 1.82) is 0 Å². The quantitative estimate of drug-likeness (QED) is 0.809. The monoisotopic (exact) mass is 303 g/mol. The van der Waals surface area contributed by atoms with Gasteiger partial charge in [-0.1, -0.05) is 0 Å². The van der Waals surface area contributed by atoms with Gasteiger partial charge in [-0.2, -0.15) is 9.82 Å². The van der Waals surface area contributed by atoms with Crippen LogP contribution < -0.4 is 4.72 Å². The molecule has 0 spiro atoms. The van der Waals surface area contributed by atoms with E-state index in [-0.39, 0.29) is 4.90 Å². The Labute approximate surface area is 119 Å². The molecule has 0 amide bonds. The molecule has 0 saturated heterocycles. The summed E-state index contributed by atoms with van der Waals surface area (Å²) in [4.78, 5) is 11.9. The van der Waals surface area contributed by atoms with E-state index in [4.69, 9.17) is 4.74 Å². The summed E-state index contributed by atoms with van der Waals surface area (Å²) in [5.74, 6) is -0.625. The van der Waals surface area contributed by atoms with E-state index in [0.717, 1.165) is 0 Å². The van der Waals surface area contributed by atoms with Crippen molar-refractivity contribution < 1.29 is 17.9 Å². The van der Waals surface area contributed by atoms with Gasteiger partial charge in [-0.3, -0.25) is 9.89 Å². The van der Waals surface area contributed by atoms with E-state index in [9.17, 15) is 13.2 Å². The lowest BCUT2D eigenvalue weighted by Gasteiger charge is -2.22. The number of esters is 1. The van der Waals surface area contributed by atoms with E-state index >= 15 is 0 Å². The molecule has 7 nitrogen and oxygen atoms in total. The molecule has 0 radical (unpaired) electrons. The van der Waals surface area contributed by atoms with Crippen molar-refractivity contribution in [3.05, 3.63) is 11.4 Å². The standard InChI is InChI=1S/C12H21N3O4S/c1-7-10(8(2)14-13-7)20(17,18)15-9(3)11(16)19-12(4,5)6/h9,15H,1-6H3,(H,13,14)/t9-/m1/s1. The Bertz CT molecular complexity index is 579. The number of nitrogens with zero attached hydrogens (tertiary/aromatic N) is 1. The van der Waals surface area contributed by atoms with Gasteiger partial charge in [-0.15, -0.1) is 0 Å². The number of aromatic nitrogens is 2. The molecule has 0 unspecified atom stereocenters. The highest BCUT2D eigenvalue weighted by Crippen LogP contribution is 2.17. The number of hydrogen-bond donors (Lipinski definition) is 2. The van der Waals surface area contributed by atoms with Crippen molar-refractivity contribution in [2.45, 2.75) is 58.1 Å². The lowest BCUT2D eigenvalue weighted by atomic mass is 10.2. The Hall–Kier alpha value is -1.41. The molecule has 0 aliphatic heterocycles. The van der Waals surface area contributed by atoms with E-state index in [1.54, 1.807) is 34.6 Å². The number of carbonyl (C=O) groups excluding carboxylic acids is 1. The number of aromatic amines is 1. The maximum absolute atomic E-state index is 12.2. The molecule has 1 heterocycles. The maximum Gasteiger partial charge on any atom is 0.324 e. The summed E-state index contributed by atoms with van der Waals surface area (Å²) in [7, 11) is -3.82. The molecule has 20 heavy (non-hydrogen) atoms. The number of nitrogens with one attached hydrogen (secondary N) is 2. The number of aryl methyl sites for hydroxylation is 2. The summed E-state index contributed by atoms with van der Waals surface area (Å²) >= 11 is 0. The molecule has 0 aromatic carbocycles. The normalized spacial score (nSPS) is 14.1. The van der Waals surface area contributed by atoms with Crippen LogP contribution in [0.2, 0.25) is 0 Å². The van der Waals surface area contributed by atoms with Crippen molar-refractivity contribution in [1.82, 2.24) is 14.9 Å². The number of hydrogen-bond acceptors (Lipinski definition) is 5. The van der Waals surface area contributed by atoms with Crippen LogP contribution in [0.3, 0.4) is 0 Å². The van der Waals surface area contributed by atoms with Crippen LogP contribution in [0.5, 0.6) is 0 Å². The second-order valence-electron chi connectivity index (χ2n) is 5.64. The lowest BCUT2D eigenvalue weighted by Crippen LogP contribution is -2.42.